The van der Waals surface area contributed by atoms with Crippen molar-refractivity contribution in [2.45, 2.75) is 40.3 Å². The van der Waals surface area contributed by atoms with Crippen molar-refractivity contribution < 1.29 is 37.1 Å². The Hall–Kier alpha value is -2.14. The Morgan fingerprint density at radius 2 is 1.71 bits per heavy atom. The van der Waals surface area contributed by atoms with Crippen LogP contribution in [0.1, 0.15) is 49.4 Å². The van der Waals surface area contributed by atoms with Gasteiger partial charge >= 0.3 is 19.5 Å². The molecule has 1 rings (SSSR count). The van der Waals surface area contributed by atoms with E-state index in [-0.39, 0.29) is 55.9 Å². The smallest absolute Gasteiger partial charge is 0.341 e. The lowest BCUT2D eigenvalue weighted by Gasteiger charge is -2.17. The maximum Gasteiger partial charge on any atom is 0.341 e. The highest BCUT2D eigenvalue weighted by Gasteiger charge is 2.33. The Kier molecular flexibility index (Phi) is 9.94. The van der Waals surface area contributed by atoms with Gasteiger partial charge in [0.15, 0.2) is 0 Å². The Bertz CT molecular complexity index is 741. The summed E-state index contributed by atoms with van der Waals surface area (Å²) in [6.45, 7) is 7.17. The first-order valence-corrected chi connectivity index (χ1v) is 10.8. The molecule has 28 heavy (non-hydrogen) atoms. The number of esters is 2. The van der Waals surface area contributed by atoms with Gasteiger partial charge in [-0.3, -0.25) is 9.36 Å². The van der Waals surface area contributed by atoms with Crippen molar-refractivity contribution in [3.63, 3.8) is 0 Å². The molecular weight excluding hydrogens is 389 g/mol. The van der Waals surface area contributed by atoms with E-state index in [2.05, 4.69) is 0 Å². The lowest BCUT2D eigenvalue weighted by atomic mass is 9.98. The van der Waals surface area contributed by atoms with E-state index in [0.717, 1.165) is 6.26 Å². The number of hydrogen-bond acceptors (Lipinski definition) is 9. The van der Waals surface area contributed by atoms with Gasteiger partial charge in [0.25, 0.3) is 0 Å². The van der Waals surface area contributed by atoms with E-state index in [0.29, 0.717) is 0 Å². The van der Waals surface area contributed by atoms with E-state index in [9.17, 15) is 19.4 Å². The van der Waals surface area contributed by atoms with Gasteiger partial charge in [-0.2, -0.15) is 5.26 Å². The van der Waals surface area contributed by atoms with Crippen molar-refractivity contribution in [2.24, 2.45) is 5.92 Å². The van der Waals surface area contributed by atoms with Crippen molar-refractivity contribution in [2.75, 3.05) is 26.4 Å². The largest absolute Gasteiger partial charge is 0.467 e. The lowest BCUT2D eigenvalue weighted by Crippen LogP contribution is -2.20. The second-order valence-electron chi connectivity index (χ2n) is 5.51. The van der Waals surface area contributed by atoms with Crippen LogP contribution in [0.3, 0.4) is 0 Å². The number of rotatable bonds is 12. The van der Waals surface area contributed by atoms with Crippen molar-refractivity contribution in [3.8, 4) is 6.07 Å². The minimum absolute atomic E-state index is 0.0564. The number of hydrogen-bond donors (Lipinski definition) is 0. The first kappa shape index (κ1) is 23.9. The van der Waals surface area contributed by atoms with E-state index in [1.807, 2.05) is 6.07 Å². The summed E-state index contributed by atoms with van der Waals surface area (Å²) in [5, 5.41) is 9.34. The van der Waals surface area contributed by atoms with Crippen LogP contribution >= 0.6 is 7.60 Å². The minimum Gasteiger partial charge on any atom is -0.467 e. The third-order valence-corrected chi connectivity index (χ3v) is 5.58. The van der Waals surface area contributed by atoms with Crippen LogP contribution < -0.4 is 0 Å². The molecule has 1 aromatic rings. The molecule has 0 radical (unpaired) electrons. The quantitative estimate of drug-likeness (QED) is 0.372. The van der Waals surface area contributed by atoms with Crippen molar-refractivity contribution in [3.05, 3.63) is 23.2 Å². The molecule has 1 unspecified atom stereocenters. The fourth-order valence-corrected chi connectivity index (χ4v) is 4.15. The van der Waals surface area contributed by atoms with Crippen molar-refractivity contribution >= 4 is 19.5 Å². The average Bonchev–Trinajstić information content (AvgIpc) is 3.02. The van der Waals surface area contributed by atoms with E-state index >= 15 is 0 Å². The topological polar surface area (TPSA) is 125 Å². The number of carbonyl (C=O) groups is 2. The van der Waals surface area contributed by atoms with Crippen LogP contribution in [0, 0.1) is 17.2 Å². The molecule has 0 amide bonds. The van der Waals surface area contributed by atoms with Crippen LogP contribution in [0.5, 0.6) is 0 Å². The van der Waals surface area contributed by atoms with Crippen LogP contribution in [0.15, 0.2) is 10.7 Å². The highest BCUT2D eigenvalue weighted by Crippen LogP contribution is 2.52. The monoisotopic (exact) mass is 415 g/mol. The fourth-order valence-electron chi connectivity index (χ4n) is 2.49. The summed E-state index contributed by atoms with van der Waals surface area (Å²) in [5.74, 6) is -2.42. The molecule has 1 atom stereocenters. The molecule has 0 saturated heterocycles. The third kappa shape index (κ3) is 6.48. The standard InChI is InChI=1S/C18H26NO8P/c1-5-23-17(20)13(10-19)9-14-15(18(21)24-6-2)11-25-16(14)12-28(22,26-7-3)27-8-4/h11,13H,5-9,12H2,1-4H3. The number of carbonyl (C=O) groups excluding carboxylic acids is 2. The van der Waals surface area contributed by atoms with Gasteiger partial charge in [-0.25, -0.2) is 4.79 Å². The SMILES string of the molecule is CCOC(=O)c1coc(CP(=O)(OCC)OCC)c1CC(C#N)C(=O)OCC. The molecule has 0 spiro atoms. The van der Waals surface area contributed by atoms with Gasteiger partial charge in [-0.1, -0.05) is 0 Å². The molecule has 1 heterocycles. The van der Waals surface area contributed by atoms with E-state index in [1.165, 1.54) is 0 Å². The Morgan fingerprint density at radius 1 is 1.11 bits per heavy atom. The molecule has 9 nitrogen and oxygen atoms in total. The molecule has 0 saturated carbocycles. The maximum atomic E-state index is 12.9. The van der Waals surface area contributed by atoms with Gasteiger partial charge in [0, 0.05) is 12.0 Å². The average molecular weight is 415 g/mol. The second kappa shape index (κ2) is 11.6. The predicted molar refractivity (Wildman–Crippen MR) is 98.7 cm³/mol. The first-order chi connectivity index (χ1) is 13.4. The van der Waals surface area contributed by atoms with E-state index in [1.54, 1.807) is 27.7 Å². The van der Waals surface area contributed by atoms with E-state index < -0.39 is 25.5 Å². The Balaban J connectivity index is 3.30. The second-order valence-corrected chi connectivity index (χ2v) is 7.57. The zero-order chi connectivity index (χ0) is 21.2. The molecule has 0 fully saturated rings. The van der Waals surface area contributed by atoms with Crippen molar-refractivity contribution in [1.82, 2.24) is 0 Å². The highest BCUT2D eigenvalue weighted by molar-refractivity contribution is 7.53. The molecule has 156 valence electrons. The predicted octanol–water partition coefficient (Wildman–Crippen LogP) is 3.47. The summed E-state index contributed by atoms with van der Waals surface area (Å²) < 4.78 is 38.7. The first-order valence-electron chi connectivity index (χ1n) is 9.06. The van der Waals surface area contributed by atoms with Gasteiger partial charge in [-0.05, 0) is 27.7 Å². The van der Waals surface area contributed by atoms with Gasteiger partial charge in [0.2, 0.25) is 0 Å². The summed E-state index contributed by atoms with van der Waals surface area (Å²) in [5.41, 5.74) is 0.304. The van der Waals surface area contributed by atoms with Gasteiger partial charge < -0.3 is 22.9 Å². The number of furan rings is 1. The normalized spacial score (nSPS) is 12.2. The third-order valence-electron chi connectivity index (χ3n) is 3.60. The van der Waals surface area contributed by atoms with E-state index in [4.69, 9.17) is 22.9 Å². The summed E-state index contributed by atoms with van der Waals surface area (Å²) in [7, 11) is -3.53. The molecule has 0 aromatic carbocycles. The number of nitriles is 1. The fraction of sp³-hybridized carbons (Fsp3) is 0.611. The molecule has 0 aliphatic carbocycles. The molecule has 0 bridgehead atoms. The molecule has 0 N–H and O–H groups in total. The van der Waals surface area contributed by atoms with Gasteiger partial charge in [-0.15, -0.1) is 0 Å². The highest BCUT2D eigenvalue weighted by atomic mass is 31.2. The summed E-state index contributed by atoms with van der Waals surface area (Å²) in [6.07, 6.45) is 0.752. The zero-order valence-electron chi connectivity index (χ0n) is 16.6. The Morgan fingerprint density at radius 3 is 2.21 bits per heavy atom. The molecular formula is C18H26NO8P. The Labute approximate surface area is 164 Å². The van der Waals surface area contributed by atoms with Gasteiger partial charge in [0.1, 0.15) is 29.7 Å². The number of ether oxygens (including phenoxy) is 2. The zero-order valence-corrected chi connectivity index (χ0v) is 17.5. The molecule has 0 aliphatic rings. The molecule has 1 aromatic heterocycles. The van der Waals surface area contributed by atoms with Crippen LogP contribution in [0.4, 0.5) is 0 Å². The summed E-state index contributed by atoms with van der Waals surface area (Å²) in [6, 6.07) is 1.86. The molecule has 0 aliphatic heterocycles. The minimum atomic E-state index is -3.53. The van der Waals surface area contributed by atoms with Gasteiger partial charge in [0.05, 0.1) is 32.5 Å². The summed E-state index contributed by atoms with van der Waals surface area (Å²) >= 11 is 0. The molecule has 10 heteroatoms. The number of nitrogens with zero attached hydrogens (tertiary/aromatic N) is 1. The van der Waals surface area contributed by atoms with Crippen LogP contribution in [0.25, 0.3) is 0 Å². The summed E-state index contributed by atoms with van der Waals surface area (Å²) in [4.78, 5) is 24.3. The lowest BCUT2D eigenvalue weighted by molar-refractivity contribution is -0.145. The van der Waals surface area contributed by atoms with Crippen molar-refractivity contribution in [1.29, 1.82) is 5.26 Å². The maximum absolute atomic E-state index is 12.9. The van der Waals surface area contributed by atoms with Crippen LogP contribution in [-0.2, 0) is 40.5 Å². The van der Waals surface area contributed by atoms with Crippen LogP contribution in [-0.4, -0.2) is 38.4 Å². The van der Waals surface area contributed by atoms with Crippen LogP contribution in [0.2, 0.25) is 0 Å².